The van der Waals surface area contributed by atoms with E-state index in [2.05, 4.69) is 47.7 Å². The highest BCUT2D eigenvalue weighted by molar-refractivity contribution is 5.89. The molecule has 3 aliphatic rings. The Labute approximate surface area is 151 Å². The summed E-state index contributed by atoms with van der Waals surface area (Å²) in [5.74, 6) is 0. The topological polar surface area (TPSA) is 67.0 Å². The fourth-order valence-corrected chi connectivity index (χ4v) is 4.82. The van der Waals surface area contributed by atoms with E-state index in [0.29, 0.717) is 6.41 Å². The number of likely N-dealkylation sites (tertiary alicyclic amines) is 1. The quantitative estimate of drug-likeness (QED) is 0.670. The van der Waals surface area contributed by atoms with Gasteiger partial charge in [0.05, 0.1) is 29.2 Å². The number of carbonyl (C=O) groups excluding carboxylic acids is 2. The molecule has 1 aromatic heterocycles. The van der Waals surface area contributed by atoms with E-state index in [1.165, 1.54) is 11.1 Å². The summed E-state index contributed by atoms with van der Waals surface area (Å²) in [6.45, 7) is 2.07. The van der Waals surface area contributed by atoms with Crippen molar-refractivity contribution in [2.45, 2.75) is 44.2 Å². The second kappa shape index (κ2) is 5.30. The van der Waals surface area contributed by atoms with Crippen LogP contribution in [-0.2, 0) is 11.2 Å². The molecule has 132 valence electrons. The van der Waals surface area contributed by atoms with E-state index in [-0.39, 0.29) is 17.6 Å². The summed E-state index contributed by atoms with van der Waals surface area (Å²) in [7, 11) is 0. The molecular weight excluding hydrogens is 328 g/mol. The number of amides is 3. The third-order valence-electron chi connectivity index (χ3n) is 6.04. The lowest BCUT2D eigenvalue weighted by Gasteiger charge is -2.28. The number of rotatable bonds is 2. The van der Waals surface area contributed by atoms with Crippen molar-refractivity contribution in [3.63, 3.8) is 0 Å². The van der Waals surface area contributed by atoms with E-state index in [1.807, 2.05) is 15.8 Å². The fraction of sp³-hybridized carbons (Fsp3) is 0.350. The molecule has 6 heteroatoms. The first kappa shape index (κ1) is 15.4. The Morgan fingerprint density at radius 2 is 2.15 bits per heavy atom. The molecule has 2 heterocycles. The van der Waals surface area contributed by atoms with Gasteiger partial charge in [0, 0.05) is 12.0 Å². The molecule has 5 rings (SSSR count). The molecule has 1 saturated carbocycles. The molecule has 6 nitrogen and oxygen atoms in total. The second-order valence-electron chi connectivity index (χ2n) is 7.42. The van der Waals surface area contributed by atoms with E-state index in [1.54, 1.807) is 0 Å². The van der Waals surface area contributed by atoms with Gasteiger partial charge in [-0.25, -0.2) is 9.48 Å². The maximum Gasteiger partial charge on any atom is 0.324 e. The first-order valence-electron chi connectivity index (χ1n) is 9.03. The smallest absolute Gasteiger partial charge is 0.307 e. The zero-order valence-electron chi connectivity index (χ0n) is 14.6. The molecule has 2 aliphatic carbocycles. The van der Waals surface area contributed by atoms with Crippen LogP contribution in [0.2, 0.25) is 0 Å². The Morgan fingerprint density at radius 3 is 2.92 bits per heavy atom. The summed E-state index contributed by atoms with van der Waals surface area (Å²) in [4.78, 5) is 24.9. The molecule has 2 atom stereocenters. The SMILES string of the molecule is Cc1ccc(-n2ncc3c2C=C2CCCC4N(C(=O)NC=O)C24C3)cc1. The van der Waals surface area contributed by atoms with E-state index in [4.69, 9.17) is 0 Å². The van der Waals surface area contributed by atoms with Gasteiger partial charge in [0.15, 0.2) is 0 Å². The number of aromatic nitrogens is 2. The predicted octanol–water partition coefficient (Wildman–Crippen LogP) is 2.59. The Kier molecular flexibility index (Phi) is 3.13. The van der Waals surface area contributed by atoms with Crippen LogP contribution in [0.15, 0.2) is 36.0 Å². The lowest BCUT2D eigenvalue weighted by Crippen LogP contribution is -2.36. The summed E-state index contributed by atoms with van der Waals surface area (Å²) >= 11 is 0. The fourth-order valence-electron chi connectivity index (χ4n) is 4.82. The van der Waals surface area contributed by atoms with Gasteiger partial charge >= 0.3 is 6.03 Å². The minimum atomic E-state index is -0.285. The van der Waals surface area contributed by atoms with Gasteiger partial charge in [-0.15, -0.1) is 0 Å². The van der Waals surface area contributed by atoms with E-state index in [9.17, 15) is 9.59 Å². The van der Waals surface area contributed by atoms with Gasteiger partial charge in [-0.2, -0.15) is 5.10 Å². The van der Waals surface area contributed by atoms with Crippen molar-refractivity contribution < 1.29 is 9.59 Å². The molecule has 2 unspecified atom stereocenters. The molecule has 1 saturated heterocycles. The summed E-state index contributed by atoms with van der Waals surface area (Å²) in [5.41, 5.74) is 5.57. The Bertz CT molecular complexity index is 943. The molecule has 1 aliphatic heterocycles. The van der Waals surface area contributed by atoms with Crippen LogP contribution in [0.5, 0.6) is 0 Å². The third kappa shape index (κ3) is 1.95. The number of hydrogen-bond donors (Lipinski definition) is 1. The van der Waals surface area contributed by atoms with Crippen molar-refractivity contribution in [1.29, 1.82) is 0 Å². The molecule has 3 amide bonds. The van der Waals surface area contributed by atoms with E-state index >= 15 is 0 Å². The summed E-state index contributed by atoms with van der Waals surface area (Å²) in [6.07, 6.45) is 8.42. The number of nitrogens with one attached hydrogen (secondary N) is 1. The monoisotopic (exact) mass is 348 g/mol. The number of hydrogen-bond acceptors (Lipinski definition) is 3. The third-order valence-corrected chi connectivity index (χ3v) is 6.04. The van der Waals surface area contributed by atoms with Crippen LogP contribution in [0, 0.1) is 6.92 Å². The normalized spacial score (nSPS) is 25.5. The van der Waals surface area contributed by atoms with Crippen LogP contribution in [0.3, 0.4) is 0 Å². The average Bonchev–Trinajstić information content (AvgIpc) is 3.12. The van der Waals surface area contributed by atoms with Crippen molar-refractivity contribution in [2.24, 2.45) is 0 Å². The Morgan fingerprint density at radius 1 is 1.35 bits per heavy atom. The molecule has 0 radical (unpaired) electrons. The largest absolute Gasteiger partial charge is 0.324 e. The number of benzene rings is 1. The van der Waals surface area contributed by atoms with Crippen molar-refractivity contribution in [2.75, 3.05) is 0 Å². The first-order chi connectivity index (χ1) is 12.6. The lowest BCUT2D eigenvalue weighted by molar-refractivity contribution is -0.108. The second-order valence-corrected chi connectivity index (χ2v) is 7.42. The van der Waals surface area contributed by atoms with Crippen molar-refractivity contribution in [3.05, 3.63) is 52.9 Å². The number of carbonyl (C=O) groups is 2. The molecule has 2 aromatic rings. The van der Waals surface area contributed by atoms with Crippen LogP contribution < -0.4 is 5.32 Å². The van der Waals surface area contributed by atoms with Gasteiger partial charge in [-0.05, 0) is 50.0 Å². The van der Waals surface area contributed by atoms with Crippen molar-refractivity contribution in [3.8, 4) is 5.69 Å². The number of nitrogens with zero attached hydrogens (tertiary/aromatic N) is 3. The highest BCUT2D eigenvalue weighted by atomic mass is 16.2. The number of imide groups is 1. The van der Waals surface area contributed by atoms with E-state index in [0.717, 1.165) is 42.6 Å². The highest BCUT2D eigenvalue weighted by Gasteiger charge is 2.68. The van der Waals surface area contributed by atoms with Gasteiger partial charge in [0.1, 0.15) is 0 Å². The predicted molar refractivity (Wildman–Crippen MR) is 96.8 cm³/mol. The molecule has 1 aromatic carbocycles. The van der Waals surface area contributed by atoms with Crippen molar-refractivity contribution >= 4 is 18.5 Å². The van der Waals surface area contributed by atoms with Gasteiger partial charge in [-0.1, -0.05) is 17.7 Å². The minimum absolute atomic E-state index is 0.193. The summed E-state index contributed by atoms with van der Waals surface area (Å²) in [5, 5.41) is 6.92. The average molecular weight is 348 g/mol. The van der Waals surface area contributed by atoms with Crippen LogP contribution in [0.25, 0.3) is 11.8 Å². The zero-order valence-corrected chi connectivity index (χ0v) is 14.6. The molecule has 26 heavy (non-hydrogen) atoms. The minimum Gasteiger partial charge on any atom is -0.307 e. The maximum absolute atomic E-state index is 12.3. The number of aryl methyl sites for hydroxylation is 1. The van der Waals surface area contributed by atoms with Crippen LogP contribution >= 0.6 is 0 Å². The molecule has 1 N–H and O–H groups in total. The number of fused-ring (bicyclic) bond motifs is 1. The highest BCUT2D eigenvalue weighted by Crippen LogP contribution is 2.58. The molecule has 1 spiro atoms. The van der Waals surface area contributed by atoms with Gasteiger partial charge < -0.3 is 4.90 Å². The van der Waals surface area contributed by atoms with E-state index < -0.39 is 0 Å². The lowest BCUT2D eigenvalue weighted by atomic mass is 9.76. The molecule has 2 fully saturated rings. The standard InChI is InChI=1S/C20H20N4O2/c1-13-5-7-16(8-6-13)24-17-9-15-3-2-4-18-20(15,10-14(17)11-22-24)23(18)19(26)21-12-25/h5-9,11-12,18H,2-4,10H2,1H3,(H,21,25,26). The Balaban J connectivity index is 1.55. The Hall–Kier alpha value is -2.89. The first-order valence-corrected chi connectivity index (χ1v) is 9.03. The summed E-state index contributed by atoms with van der Waals surface area (Å²) in [6, 6.07) is 8.24. The maximum atomic E-state index is 12.3. The van der Waals surface area contributed by atoms with Crippen LogP contribution in [0.1, 0.15) is 36.1 Å². The molecular formula is C20H20N4O2. The van der Waals surface area contributed by atoms with Gasteiger partial charge in [0.2, 0.25) is 6.41 Å². The zero-order chi connectivity index (χ0) is 17.9. The van der Waals surface area contributed by atoms with Crippen LogP contribution in [0.4, 0.5) is 4.79 Å². The summed E-state index contributed by atoms with van der Waals surface area (Å²) < 4.78 is 1.98. The van der Waals surface area contributed by atoms with Crippen LogP contribution in [-0.4, -0.2) is 38.7 Å². The van der Waals surface area contributed by atoms with Gasteiger partial charge in [0.25, 0.3) is 0 Å². The molecule has 0 bridgehead atoms. The number of urea groups is 1. The van der Waals surface area contributed by atoms with Gasteiger partial charge in [-0.3, -0.25) is 10.1 Å². The van der Waals surface area contributed by atoms with Crippen molar-refractivity contribution in [1.82, 2.24) is 20.0 Å².